The molecule has 7 atom stereocenters. The third kappa shape index (κ3) is 8.54. The monoisotopic (exact) mass is 843 g/mol. The van der Waals surface area contributed by atoms with E-state index in [-0.39, 0.29) is 59.7 Å². The molecule has 1 aliphatic carbocycles. The number of hydrogen-bond acceptors (Lipinski definition) is 9. The molecule has 4 aliphatic rings. The Morgan fingerprint density at radius 1 is 1.05 bits per heavy atom. The van der Waals surface area contributed by atoms with Crippen molar-refractivity contribution in [2.45, 2.75) is 107 Å². The molecule has 4 aromatic rings. The fraction of sp³-hybridized carbons (Fsp3) is 0.477. The second-order valence-corrected chi connectivity index (χ2v) is 19.6. The van der Waals surface area contributed by atoms with Crippen molar-refractivity contribution < 1.29 is 37.4 Å². The van der Waals surface area contributed by atoms with Crippen LogP contribution >= 0.6 is 18.9 Å². The number of halogens is 1. The van der Waals surface area contributed by atoms with Gasteiger partial charge in [-0.25, -0.2) is 9.48 Å². The van der Waals surface area contributed by atoms with Crippen LogP contribution < -0.4 is 14.9 Å². The number of amides is 3. The summed E-state index contributed by atoms with van der Waals surface area (Å²) >= 11 is 1.23. The molecule has 12 nitrogen and oxygen atoms in total. The van der Waals surface area contributed by atoms with Crippen molar-refractivity contribution in [3.05, 3.63) is 95.1 Å². The van der Waals surface area contributed by atoms with Crippen LogP contribution in [0.1, 0.15) is 104 Å². The maximum Gasteiger partial charge on any atom is 0.355 e. The Balaban J connectivity index is 0.935. The summed E-state index contributed by atoms with van der Waals surface area (Å²) in [5.74, 6) is -3.29. The number of para-hydroxylation sites is 1. The van der Waals surface area contributed by atoms with Gasteiger partial charge in [0.1, 0.15) is 17.8 Å². The average molecular weight is 844 g/mol. The van der Waals surface area contributed by atoms with E-state index < -0.39 is 37.4 Å². The summed E-state index contributed by atoms with van der Waals surface area (Å²) in [6.07, 6.45) is 10.9. The Hall–Kier alpha value is -4.65. The number of aromatic nitrogens is 1. The molecular formula is C44H51FN5O7PS. The molecule has 8 rings (SSSR count). The van der Waals surface area contributed by atoms with Gasteiger partial charge >= 0.3 is 13.5 Å². The Bertz CT molecular complexity index is 2240. The van der Waals surface area contributed by atoms with E-state index in [2.05, 4.69) is 26.4 Å². The maximum absolute atomic E-state index is 16.5. The predicted octanol–water partition coefficient (Wildman–Crippen LogP) is 7.91. The highest BCUT2D eigenvalue weighted by molar-refractivity contribution is 7.57. The largest absolute Gasteiger partial charge is 0.465 e. The van der Waals surface area contributed by atoms with Gasteiger partial charge in [0.2, 0.25) is 17.7 Å². The number of esters is 1. The lowest BCUT2D eigenvalue weighted by Gasteiger charge is -2.34. The standard InChI is InChI=1S/C44H51FN5O7PS/c1-3-21-56-43(54)28(2)48-58(55,57-35-12-5-4-6-13-35)39(45)29-14-17-37-32(22-29)23-38(59-37)40(51)47-26-31-9-7-11-34-15-16-36(50(34)41(31)52)42(53)49-27-33(24-44(49)18-19-44)30-10-8-20-46-25-30/h4-6,8,10,12-14,17,20,22-23,25,28,31,33-34,36,39H,3,7,9,11,15-16,18-19,21,24,26-27H2,1-2H3,(H,47,51)(H,48,55)/t28-,31?,33?,34-,36-,39?,58?/m0/s1. The Morgan fingerprint density at radius 3 is 2.61 bits per heavy atom. The summed E-state index contributed by atoms with van der Waals surface area (Å²) in [6.45, 7) is 4.24. The van der Waals surface area contributed by atoms with E-state index in [9.17, 15) is 23.7 Å². The molecule has 1 spiro atoms. The van der Waals surface area contributed by atoms with Gasteiger partial charge in [0.15, 0.2) is 0 Å². The number of carbonyl (C=O) groups is 4. The first kappa shape index (κ1) is 41.1. The number of ether oxygens (including phenoxy) is 1. The van der Waals surface area contributed by atoms with Gasteiger partial charge in [-0.3, -0.25) is 28.7 Å². The third-order valence-electron chi connectivity index (χ3n) is 12.3. The molecule has 2 aromatic heterocycles. The Kier molecular flexibility index (Phi) is 11.9. The number of carbonyl (C=O) groups excluding carboxylic acids is 4. The zero-order valence-corrected chi connectivity index (χ0v) is 35.1. The molecule has 15 heteroatoms. The maximum atomic E-state index is 16.5. The molecular weight excluding hydrogens is 793 g/mol. The molecule has 0 radical (unpaired) electrons. The van der Waals surface area contributed by atoms with E-state index in [4.69, 9.17) is 9.26 Å². The molecule has 3 amide bonds. The molecule has 0 bridgehead atoms. The van der Waals surface area contributed by atoms with E-state index in [1.807, 2.05) is 24.1 Å². The normalized spacial score (nSPS) is 24.2. The molecule has 2 N–H and O–H groups in total. The number of nitrogens with one attached hydrogen (secondary N) is 2. The summed E-state index contributed by atoms with van der Waals surface area (Å²) in [6, 6.07) is 16.9. The van der Waals surface area contributed by atoms with Gasteiger partial charge in [-0.1, -0.05) is 43.7 Å². The van der Waals surface area contributed by atoms with E-state index >= 15 is 4.39 Å². The number of hydrogen-bond donors (Lipinski definition) is 2. The van der Waals surface area contributed by atoms with Crippen molar-refractivity contribution in [1.82, 2.24) is 25.2 Å². The lowest BCUT2D eigenvalue weighted by atomic mass is 9.97. The highest BCUT2D eigenvalue weighted by Crippen LogP contribution is 2.58. The molecule has 4 unspecified atom stereocenters. The number of fused-ring (bicyclic) bond motifs is 2. The number of rotatable bonds is 14. The number of likely N-dealkylation sites (tertiary alicyclic amines) is 1. The van der Waals surface area contributed by atoms with Crippen LogP contribution in [0.4, 0.5) is 4.39 Å². The first-order valence-corrected chi connectivity index (χ1v) is 23.3. The average Bonchev–Trinajstić information content (AvgIpc) is 3.55. The van der Waals surface area contributed by atoms with Gasteiger partial charge in [-0.15, -0.1) is 11.3 Å². The van der Waals surface area contributed by atoms with Gasteiger partial charge < -0.3 is 24.4 Å². The van der Waals surface area contributed by atoms with Gasteiger partial charge in [0.05, 0.1) is 17.4 Å². The van der Waals surface area contributed by atoms with Crippen molar-refractivity contribution in [3.8, 4) is 5.75 Å². The van der Waals surface area contributed by atoms with Gasteiger partial charge in [0, 0.05) is 47.7 Å². The topological polar surface area (TPSA) is 147 Å². The zero-order chi connectivity index (χ0) is 41.3. The minimum Gasteiger partial charge on any atom is -0.465 e. The first-order valence-electron chi connectivity index (χ1n) is 20.8. The number of nitrogens with zero attached hydrogens (tertiary/aromatic N) is 3. The number of pyridine rings is 1. The fourth-order valence-electron chi connectivity index (χ4n) is 9.12. The number of benzene rings is 2. The molecule has 4 fully saturated rings. The highest BCUT2D eigenvalue weighted by Gasteiger charge is 2.58. The van der Waals surface area contributed by atoms with Crippen molar-refractivity contribution in [2.75, 3.05) is 19.7 Å². The van der Waals surface area contributed by atoms with Crippen LogP contribution in [0.3, 0.4) is 0 Å². The summed E-state index contributed by atoms with van der Waals surface area (Å²) in [5, 5.41) is 6.14. The van der Waals surface area contributed by atoms with E-state index in [1.54, 1.807) is 48.7 Å². The van der Waals surface area contributed by atoms with Crippen molar-refractivity contribution in [2.24, 2.45) is 5.92 Å². The SMILES string of the molecule is CCCOC(=O)[C@H](C)NP(=O)(Oc1ccccc1)C(F)c1ccc2sc(C(=O)NCC3CCC[C@H]4CC[C@@H](C(=O)N5CC(c6cccnc6)CC56CC6)N4C3=O)cc2c1. The second kappa shape index (κ2) is 17.1. The number of alkyl halides is 1. The quantitative estimate of drug-likeness (QED) is 0.0955. The third-order valence-corrected chi connectivity index (χ3v) is 15.6. The second-order valence-electron chi connectivity index (χ2n) is 16.5. The summed E-state index contributed by atoms with van der Waals surface area (Å²) in [5.41, 5.74) is 1.07. The van der Waals surface area contributed by atoms with E-state index in [0.717, 1.165) is 44.1 Å². The van der Waals surface area contributed by atoms with Gasteiger partial charge in [-0.2, -0.15) is 0 Å². The van der Waals surface area contributed by atoms with Crippen LogP contribution in [0, 0.1) is 5.92 Å². The minimum atomic E-state index is -4.42. The Morgan fingerprint density at radius 2 is 1.86 bits per heavy atom. The van der Waals surface area contributed by atoms with Gasteiger partial charge in [0.25, 0.3) is 5.91 Å². The first-order chi connectivity index (χ1) is 28.5. The molecule has 2 aromatic carbocycles. The van der Waals surface area contributed by atoms with Crippen LogP contribution in [-0.4, -0.2) is 81.8 Å². The zero-order valence-electron chi connectivity index (χ0n) is 33.4. The van der Waals surface area contributed by atoms with Gasteiger partial charge in [-0.05, 0) is 111 Å². The smallest absolute Gasteiger partial charge is 0.355 e. The van der Waals surface area contributed by atoms with Crippen LogP contribution in [0.2, 0.25) is 0 Å². The molecule has 1 saturated carbocycles. The highest BCUT2D eigenvalue weighted by atomic mass is 32.1. The fourth-order valence-corrected chi connectivity index (χ4v) is 12.0. The van der Waals surface area contributed by atoms with Crippen LogP contribution in [0.15, 0.2) is 79.1 Å². The summed E-state index contributed by atoms with van der Waals surface area (Å²) < 4.78 is 42.4. The predicted molar refractivity (Wildman–Crippen MR) is 223 cm³/mol. The van der Waals surface area contributed by atoms with E-state index in [0.29, 0.717) is 40.8 Å². The van der Waals surface area contributed by atoms with Crippen molar-refractivity contribution >= 4 is 52.6 Å². The number of thiophene rings is 1. The molecule has 5 heterocycles. The minimum absolute atomic E-state index is 0.0156. The van der Waals surface area contributed by atoms with Crippen molar-refractivity contribution in [3.63, 3.8) is 0 Å². The van der Waals surface area contributed by atoms with E-state index in [1.165, 1.54) is 30.4 Å². The lowest BCUT2D eigenvalue weighted by molar-refractivity contribution is -0.148. The van der Waals surface area contributed by atoms with Crippen LogP contribution in [0.5, 0.6) is 5.75 Å². The van der Waals surface area contributed by atoms with Crippen LogP contribution in [-0.2, 0) is 23.7 Å². The lowest BCUT2D eigenvalue weighted by Crippen LogP contribution is -2.53. The summed E-state index contributed by atoms with van der Waals surface area (Å²) in [4.78, 5) is 63.4. The summed E-state index contributed by atoms with van der Waals surface area (Å²) in [7, 11) is -4.42. The molecule has 59 heavy (non-hydrogen) atoms. The van der Waals surface area contributed by atoms with Crippen molar-refractivity contribution in [1.29, 1.82) is 0 Å². The molecule has 3 saturated heterocycles. The molecule has 312 valence electrons. The Labute approximate surface area is 347 Å². The van der Waals surface area contributed by atoms with Crippen LogP contribution in [0.25, 0.3) is 10.1 Å². The molecule has 3 aliphatic heterocycles.